The first kappa shape index (κ1) is 15.6. The van der Waals surface area contributed by atoms with E-state index >= 15 is 0 Å². The molecule has 0 aliphatic carbocycles. The topological polar surface area (TPSA) is 71.1 Å². The predicted octanol–water partition coefficient (Wildman–Crippen LogP) is 2.14. The van der Waals surface area contributed by atoms with Crippen molar-refractivity contribution < 1.29 is 8.42 Å². The number of hydrogen-bond acceptors (Lipinski definition) is 6. The number of nitrogens with zero attached hydrogens (tertiary/aromatic N) is 1. The van der Waals surface area contributed by atoms with Crippen LogP contribution < -0.4 is 10.0 Å². The Labute approximate surface area is 127 Å². The third kappa shape index (κ3) is 3.44. The van der Waals surface area contributed by atoms with E-state index < -0.39 is 15.6 Å². The molecule has 0 aromatic carbocycles. The van der Waals surface area contributed by atoms with Crippen LogP contribution in [0.1, 0.15) is 23.7 Å². The molecule has 0 aliphatic heterocycles. The Balaban J connectivity index is 2.22. The zero-order valence-electron chi connectivity index (χ0n) is 11.5. The minimum Gasteiger partial charge on any atom is -0.315 e. The van der Waals surface area contributed by atoms with Gasteiger partial charge in [0.15, 0.2) is 0 Å². The Morgan fingerprint density at radius 3 is 2.70 bits per heavy atom. The fourth-order valence-electron chi connectivity index (χ4n) is 1.74. The molecular formula is C12H17N3O2S3. The SMILES string of the molecule is CNCc1cc(S(=O)(=O)NC(C)(C)c2nccs2)cs1. The highest BCUT2D eigenvalue weighted by molar-refractivity contribution is 7.89. The van der Waals surface area contributed by atoms with E-state index in [1.54, 1.807) is 17.6 Å². The first-order valence-corrected chi connectivity index (χ1v) is 9.25. The Hall–Kier alpha value is -0.800. The normalized spacial score (nSPS) is 12.8. The second-order valence-electron chi connectivity index (χ2n) is 4.85. The van der Waals surface area contributed by atoms with Gasteiger partial charge in [0.05, 0.1) is 10.4 Å². The second-order valence-corrected chi connectivity index (χ2v) is 8.42. The highest BCUT2D eigenvalue weighted by atomic mass is 32.2. The van der Waals surface area contributed by atoms with Gasteiger partial charge in [-0.3, -0.25) is 0 Å². The summed E-state index contributed by atoms with van der Waals surface area (Å²) in [7, 11) is -1.71. The van der Waals surface area contributed by atoms with Gasteiger partial charge in [-0.05, 0) is 27.0 Å². The number of sulfonamides is 1. The lowest BCUT2D eigenvalue weighted by Gasteiger charge is -2.23. The van der Waals surface area contributed by atoms with E-state index in [-0.39, 0.29) is 0 Å². The molecule has 0 bridgehead atoms. The van der Waals surface area contributed by atoms with Crippen LogP contribution in [0.15, 0.2) is 27.9 Å². The average molecular weight is 331 g/mol. The van der Waals surface area contributed by atoms with Crippen LogP contribution in [0, 0.1) is 0 Å². The quantitative estimate of drug-likeness (QED) is 0.851. The van der Waals surface area contributed by atoms with Gasteiger partial charge in [-0.15, -0.1) is 22.7 Å². The third-order valence-electron chi connectivity index (χ3n) is 2.65. The van der Waals surface area contributed by atoms with Gasteiger partial charge in [-0.2, -0.15) is 4.72 Å². The summed E-state index contributed by atoms with van der Waals surface area (Å²) in [5.41, 5.74) is -0.724. The molecular weight excluding hydrogens is 314 g/mol. The fraction of sp³-hybridized carbons (Fsp3) is 0.417. The lowest BCUT2D eigenvalue weighted by Crippen LogP contribution is -2.40. The molecule has 0 aliphatic rings. The van der Waals surface area contributed by atoms with Gasteiger partial charge in [0.25, 0.3) is 0 Å². The Morgan fingerprint density at radius 2 is 2.10 bits per heavy atom. The lowest BCUT2D eigenvalue weighted by molar-refractivity contribution is 0.470. The van der Waals surface area contributed by atoms with E-state index in [2.05, 4.69) is 15.0 Å². The molecule has 20 heavy (non-hydrogen) atoms. The van der Waals surface area contributed by atoms with Gasteiger partial charge < -0.3 is 5.32 Å². The number of rotatable bonds is 6. The first-order valence-electron chi connectivity index (χ1n) is 6.01. The lowest BCUT2D eigenvalue weighted by atomic mass is 10.1. The molecule has 2 N–H and O–H groups in total. The summed E-state index contributed by atoms with van der Waals surface area (Å²) in [4.78, 5) is 5.47. The van der Waals surface area contributed by atoms with Gasteiger partial charge >= 0.3 is 0 Å². The zero-order valence-corrected chi connectivity index (χ0v) is 14.0. The number of nitrogens with one attached hydrogen (secondary N) is 2. The second kappa shape index (κ2) is 5.90. The summed E-state index contributed by atoms with van der Waals surface area (Å²) in [5.74, 6) is 0. The van der Waals surface area contributed by atoms with Crippen molar-refractivity contribution >= 4 is 32.7 Å². The number of thiophene rings is 1. The van der Waals surface area contributed by atoms with Crippen LogP contribution in [-0.2, 0) is 22.1 Å². The molecule has 0 saturated carbocycles. The maximum Gasteiger partial charge on any atom is 0.242 e. The Morgan fingerprint density at radius 1 is 1.35 bits per heavy atom. The van der Waals surface area contributed by atoms with Gasteiger partial charge in [-0.25, -0.2) is 13.4 Å². The summed E-state index contributed by atoms with van der Waals surface area (Å²) < 4.78 is 27.5. The van der Waals surface area contributed by atoms with E-state index in [1.807, 2.05) is 26.3 Å². The van der Waals surface area contributed by atoms with Crippen molar-refractivity contribution in [3.05, 3.63) is 32.9 Å². The smallest absolute Gasteiger partial charge is 0.242 e. The Kier molecular flexibility index (Phi) is 4.60. The van der Waals surface area contributed by atoms with Crippen molar-refractivity contribution in [2.75, 3.05) is 7.05 Å². The highest BCUT2D eigenvalue weighted by Gasteiger charge is 2.30. The van der Waals surface area contributed by atoms with Crippen molar-refractivity contribution in [1.29, 1.82) is 0 Å². The summed E-state index contributed by atoms with van der Waals surface area (Å²) >= 11 is 2.86. The van der Waals surface area contributed by atoms with Crippen LogP contribution in [0.2, 0.25) is 0 Å². The van der Waals surface area contributed by atoms with E-state index in [9.17, 15) is 8.42 Å². The van der Waals surface area contributed by atoms with Gasteiger partial charge in [0.2, 0.25) is 10.0 Å². The predicted molar refractivity (Wildman–Crippen MR) is 82.5 cm³/mol. The van der Waals surface area contributed by atoms with Crippen molar-refractivity contribution in [1.82, 2.24) is 15.0 Å². The van der Waals surface area contributed by atoms with Crippen LogP contribution in [0.5, 0.6) is 0 Å². The van der Waals surface area contributed by atoms with Crippen LogP contribution in [-0.4, -0.2) is 20.4 Å². The minimum absolute atomic E-state index is 0.303. The summed E-state index contributed by atoms with van der Waals surface area (Å²) in [6.45, 7) is 4.28. The number of thiazole rings is 1. The molecule has 0 saturated heterocycles. The molecule has 0 unspecified atom stereocenters. The van der Waals surface area contributed by atoms with E-state index in [0.29, 0.717) is 11.4 Å². The van der Waals surface area contributed by atoms with E-state index in [4.69, 9.17) is 0 Å². The summed E-state index contributed by atoms with van der Waals surface area (Å²) in [5, 5.41) is 7.24. The van der Waals surface area contributed by atoms with E-state index in [1.165, 1.54) is 22.7 Å². The van der Waals surface area contributed by atoms with Crippen LogP contribution in [0.3, 0.4) is 0 Å². The molecule has 110 valence electrons. The van der Waals surface area contributed by atoms with Crippen molar-refractivity contribution in [2.24, 2.45) is 0 Å². The summed E-state index contributed by atoms with van der Waals surface area (Å²) in [6.07, 6.45) is 1.67. The molecule has 0 amide bonds. The standard InChI is InChI=1S/C12H17N3O2S3/c1-12(2,11-14-4-5-18-11)15-20(16,17)10-6-9(7-13-3)19-8-10/h4-6,8,13,15H,7H2,1-3H3. The molecule has 0 spiro atoms. The number of aromatic nitrogens is 1. The molecule has 8 heteroatoms. The molecule has 5 nitrogen and oxygen atoms in total. The molecule has 0 fully saturated rings. The van der Waals surface area contributed by atoms with E-state index in [0.717, 1.165) is 9.88 Å². The number of hydrogen-bond donors (Lipinski definition) is 2. The fourth-order valence-corrected chi connectivity index (χ4v) is 5.19. The molecule has 0 radical (unpaired) electrons. The highest BCUT2D eigenvalue weighted by Crippen LogP contribution is 2.26. The van der Waals surface area contributed by atoms with Crippen molar-refractivity contribution in [3.63, 3.8) is 0 Å². The van der Waals surface area contributed by atoms with Gasteiger partial charge in [0.1, 0.15) is 5.01 Å². The van der Waals surface area contributed by atoms with Crippen LogP contribution >= 0.6 is 22.7 Å². The summed E-state index contributed by atoms with van der Waals surface area (Å²) in [6, 6.07) is 1.70. The minimum atomic E-state index is -3.54. The van der Waals surface area contributed by atoms with Crippen molar-refractivity contribution in [3.8, 4) is 0 Å². The maximum absolute atomic E-state index is 12.4. The average Bonchev–Trinajstić information content (AvgIpc) is 2.99. The first-order chi connectivity index (χ1) is 9.35. The monoisotopic (exact) mass is 331 g/mol. The third-order valence-corrected chi connectivity index (χ3v) is 6.47. The maximum atomic E-state index is 12.4. The molecule has 0 atom stereocenters. The molecule has 2 aromatic heterocycles. The Bertz CT molecular complexity index is 660. The molecule has 2 aromatic rings. The zero-order chi connectivity index (χ0) is 14.8. The van der Waals surface area contributed by atoms with Gasteiger partial charge in [0, 0.05) is 28.4 Å². The van der Waals surface area contributed by atoms with Crippen molar-refractivity contribution in [2.45, 2.75) is 30.8 Å². The molecule has 2 heterocycles. The largest absolute Gasteiger partial charge is 0.315 e. The van der Waals surface area contributed by atoms with Crippen LogP contribution in [0.4, 0.5) is 0 Å². The van der Waals surface area contributed by atoms with Gasteiger partial charge in [-0.1, -0.05) is 0 Å². The van der Waals surface area contributed by atoms with Crippen LogP contribution in [0.25, 0.3) is 0 Å². The molecule has 2 rings (SSSR count).